The average molecular weight is 372 g/mol. The summed E-state index contributed by atoms with van der Waals surface area (Å²) in [5.74, 6) is 3.11. The van der Waals surface area contributed by atoms with E-state index in [1.165, 1.54) is 12.8 Å². The van der Waals surface area contributed by atoms with Gasteiger partial charge in [-0.3, -0.25) is 4.99 Å². The number of aryl methyl sites for hydroxylation is 1. The lowest BCUT2D eigenvalue weighted by atomic mass is 10.1. The second kappa shape index (κ2) is 9.25. The fourth-order valence-electron chi connectivity index (χ4n) is 3.20. The Morgan fingerprint density at radius 2 is 2.04 bits per heavy atom. The summed E-state index contributed by atoms with van der Waals surface area (Å²) in [5.41, 5.74) is 1.04. The van der Waals surface area contributed by atoms with Crippen LogP contribution in [0.15, 0.2) is 29.5 Å². The third-order valence-electron chi connectivity index (χ3n) is 4.76. The smallest absolute Gasteiger partial charge is 0.191 e. The number of nitrogens with one attached hydrogen (secondary N) is 2. The highest BCUT2D eigenvalue weighted by Crippen LogP contribution is 2.34. The number of hydrogen-bond donors (Lipinski definition) is 2. The third-order valence-corrected chi connectivity index (χ3v) is 4.76. The molecule has 0 aliphatic heterocycles. The molecule has 0 spiro atoms. The van der Waals surface area contributed by atoms with Crippen LogP contribution in [0.1, 0.15) is 37.1 Å². The summed E-state index contributed by atoms with van der Waals surface area (Å²) < 4.78 is 13.7. The van der Waals surface area contributed by atoms with Gasteiger partial charge in [0, 0.05) is 26.2 Å². The molecule has 1 heterocycles. The summed E-state index contributed by atoms with van der Waals surface area (Å²) in [4.78, 5) is 4.27. The maximum absolute atomic E-state index is 6.28. The number of ether oxygens (including phenoxy) is 2. The molecule has 3 rings (SSSR count). The van der Waals surface area contributed by atoms with Crippen LogP contribution in [0.5, 0.6) is 11.5 Å². The Balaban J connectivity index is 1.64. The highest BCUT2D eigenvalue weighted by molar-refractivity contribution is 5.79. The van der Waals surface area contributed by atoms with Gasteiger partial charge in [-0.2, -0.15) is 0 Å². The minimum atomic E-state index is 0.272. The molecule has 0 saturated heterocycles. The van der Waals surface area contributed by atoms with Gasteiger partial charge in [0.1, 0.15) is 6.33 Å². The first-order chi connectivity index (χ1) is 13.2. The van der Waals surface area contributed by atoms with Crippen molar-refractivity contribution in [3.05, 3.63) is 35.9 Å². The molecule has 2 N–H and O–H groups in total. The lowest BCUT2D eigenvalue weighted by Crippen LogP contribution is -2.37. The first-order valence-corrected chi connectivity index (χ1v) is 9.31. The van der Waals surface area contributed by atoms with Crippen LogP contribution in [0.25, 0.3) is 0 Å². The number of rotatable bonds is 7. The minimum absolute atomic E-state index is 0.272. The number of aromatic nitrogens is 3. The molecule has 8 nitrogen and oxygen atoms in total. The minimum Gasteiger partial charge on any atom is -0.493 e. The van der Waals surface area contributed by atoms with E-state index in [1.54, 1.807) is 20.5 Å². The van der Waals surface area contributed by atoms with Gasteiger partial charge in [-0.05, 0) is 31.7 Å². The van der Waals surface area contributed by atoms with E-state index in [2.05, 4.69) is 31.9 Å². The Hall–Kier alpha value is -2.77. The number of para-hydroxylation sites is 1. The summed E-state index contributed by atoms with van der Waals surface area (Å²) in [5, 5.41) is 14.5. The predicted octanol–water partition coefficient (Wildman–Crippen LogP) is 2.01. The van der Waals surface area contributed by atoms with Crippen LogP contribution in [-0.2, 0) is 20.1 Å². The zero-order chi connectivity index (χ0) is 19.1. The Morgan fingerprint density at radius 3 is 2.70 bits per heavy atom. The van der Waals surface area contributed by atoms with Crippen molar-refractivity contribution in [2.45, 2.75) is 44.9 Å². The standard InChI is InChI=1S/C19H28N6O2/c1-20-19(22-12-17-24-23-13-25(17)2)21-11-14-7-6-10-16(26-3)18(14)27-15-8-4-5-9-15/h6-7,10,13,15H,4-5,8-9,11-12H2,1-3H3,(H2,20,21,22). The summed E-state index contributed by atoms with van der Waals surface area (Å²) >= 11 is 0. The van der Waals surface area contributed by atoms with E-state index in [4.69, 9.17) is 9.47 Å². The van der Waals surface area contributed by atoms with Gasteiger partial charge >= 0.3 is 0 Å². The fraction of sp³-hybridized carbons (Fsp3) is 0.526. The lowest BCUT2D eigenvalue weighted by molar-refractivity contribution is 0.198. The second-order valence-corrected chi connectivity index (χ2v) is 6.61. The zero-order valence-corrected chi connectivity index (χ0v) is 16.2. The van der Waals surface area contributed by atoms with E-state index in [9.17, 15) is 0 Å². The summed E-state index contributed by atoms with van der Waals surface area (Å²) in [6.07, 6.45) is 6.61. The molecule has 146 valence electrons. The van der Waals surface area contributed by atoms with E-state index in [1.807, 2.05) is 23.7 Å². The first-order valence-electron chi connectivity index (χ1n) is 9.31. The lowest BCUT2D eigenvalue weighted by Gasteiger charge is -2.20. The van der Waals surface area contributed by atoms with Crippen molar-refractivity contribution >= 4 is 5.96 Å². The Labute approximate surface area is 160 Å². The van der Waals surface area contributed by atoms with Gasteiger partial charge in [0.2, 0.25) is 0 Å². The van der Waals surface area contributed by atoms with Crippen LogP contribution in [0.2, 0.25) is 0 Å². The van der Waals surface area contributed by atoms with Crippen LogP contribution in [0, 0.1) is 0 Å². The highest BCUT2D eigenvalue weighted by atomic mass is 16.5. The van der Waals surface area contributed by atoms with Crippen LogP contribution < -0.4 is 20.1 Å². The van der Waals surface area contributed by atoms with E-state index in [0.29, 0.717) is 19.0 Å². The summed E-state index contributed by atoms with van der Waals surface area (Å²) in [6.45, 7) is 1.12. The number of nitrogens with zero attached hydrogens (tertiary/aromatic N) is 4. The molecule has 1 fully saturated rings. The van der Waals surface area contributed by atoms with Crippen molar-refractivity contribution in [2.75, 3.05) is 14.2 Å². The quantitative estimate of drug-likeness (QED) is 0.571. The topological polar surface area (TPSA) is 85.6 Å². The molecule has 0 amide bonds. The first kappa shape index (κ1) is 19.0. The van der Waals surface area contributed by atoms with E-state index >= 15 is 0 Å². The molecule has 1 aromatic carbocycles. The van der Waals surface area contributed by atoms with Crippen molar-refractivity contribution < 1.29 is 9.47 Å². The monoisotopic (exact) mass is 372 g/mol. The molecule has 2 aromatic rings. The molecule has 1 aromatic heterocycles. The van der Waals surface area contributed by atoms with Crippen LogP contribution >= 0.6 is 0 Å². The average Bonchev–Trinajstić information content (AvgIpc) is 3.34. The van der Waals surface area contributed by atoms with Crippen LogP contribution in [0.4, 0.5) is 0 Å². The molecule has 1 saturated carbocycles. The van der Waals surface area contributed by atoms with Crippen LogP contribution in [0.3, 0.4) is 0 Å². The molecule has 0 unspecified atom stereocenters. The van der Waals surface area contributed by atoms with Gasteiger partial charge in [0.25, 0.3) is 0 Å². The number of hydrogen-bond acceptors (Lipinski definition) is 5. The molecule has 27 heavy (non-hydrogen) atoms. The SMILES string of the molecule is CN=C(NCc1cccc(OC)c1OC1CCCC1)NCc1nncn1C. The molecule has 0 radical (unpaired) electrons. The summed E-state index contributed by atoms with van der Waals surface area (Å²) in [6, 6.07) is 5.97. The fourth-order valence-corrected chi connectivity index (χ4v) is 3.20. The van der Waals surface area contributed by atoms with Gasteiger partial charge < -0.3 is 24.7 Å². The van der Waals surface area contributed by atoms with Crippen molar-refractivity contribution in [2.24, 2.45) is 12.0 Å². The maximum Gasteiger partial charge on any atom is 0.191 e. The van der Waals surface area contributed by atoms with Gasteiger partial charge in [-0.1, -0.05) is 12.1 Å². The van der Waals surface area contributed by atoms with E-state index in [0.717, 1.165) is 35.7 Å². The Kier molecular flexibility index (Phi) is 6.51. The van der Waals surface area contributed by atoms with Gasteiger partial charge in [0.05, 0.1) is 19.8 Å². The molecular weight excluding hydrogens is 344 g/mol. The molecule has 0 bridgehead atoms. The molecule has 8 heteroatoms. The molecule has 0 atom stereocenters. The number of methoxy groups -OCH3 is 1. The van der Waals surface area contributed by atoms with E-state index < -0.39 is 0 Å². The third kappa shape index (κ3) is 4.90. The number of benzene rings is 1. The predicted molar refractivity (Wildman–Crippen MR) is 104 cm³/mol. The number of guanidine groups is 1. The Bertz CT molecular complexity index is 767. The number of aliphatic imine (C=N–C) groups is 1. The molecular formula is C19H28N6O2. The van der Waals surface area contributed by atoms with Crippen molar-refractivity contribution in [3.63, 3.8) is 0 Å². The highest BCUT2D eigenvalue weighted by Gasteiger charge is 2.20. The molecule has 1 aliphatic rings. The van der Waals surface area contributed by atoms with Crippen molar-refractivity contribution in [1.82, 2.24) is 25.4 Å². The van der Waals surface area contributed by atoms with Crippen molar-refractivity contribution in [1.29, 1.82) is 0 Å². The van der Waals surface area contributed by atoms with Crippen LogP contribution in [-0.4, -0.2) is 41.0 Å². The van der Waals surface area contributed by atoms with Gasteiger partial charge in [-0.25, -0.2) is 0 Å². The Morgan fingerprint density at radius 1 is 1.26 bits per heavy atom. The zero-order valence-electron chi connectivity index (χ0n) is 16.2. The summed E-state index contributed by atoms with van der Waals surface area (Å²) in [7, 11) is 5.33. The van der Waals surface area contributed by atoms with E-state index in [-0.39, 0.29) is 6.10 Å². The van der Waals surface area contributed by atoms with Gasteiger partial charge in [-0.15, -0.1) is 10.2 Å². The normalized spacial score (nSPS) is 15.0. The van der Waals surface area contributed by atoms with Crippen molar-refractivity contribution in [3.8, 4) is 11.5 Å². The second-order valence-electron chi connectivity index (χ2n) is 6.61. The van der Waals surface area contributed by atoms with Gasteiger partial charge in [0.15, 0.2) is 23.3 Å². The largest absolute Gasteiger partial charge is 0.493 e. The maximum atomic E-state index is 6.28. The molecule has 1 aliphatic carbocycles.